The molecule has 122 valence electrons. The lowest BCUT2D eigenvalue weighted by Crippen LogP contribution is -2.65. The Balaban J connectivity index is 1.52. The number of hydrogen-bond acceptors (Lipinski definition) is 4. The number of nitrogens with zero attached hydrogens (tertiary/aromatic N) is 2. The second-order valence-corrected chi connectivity index (χ2v) is 6.20. The maximum absolute atomic E-state index is 12.2. The summed E-state index contributed by atoms with van der Waals surface area (Å²) >= 11 is 0. The first-order chi connectivity index (χ1) is 11.0. The van der Waals surface area contributed by atoms with E-state index in [9.17, 15) is 14.4 Å². The van der Waals surface area contributed by atoms with Crippen LogP contribution in [0.2, 0.25) is 0 Å². The molecule has 0 radical (unpaired) electrons. The van der Waals surface area contributed by atoms with E-state index in [1.807, 2.05) is 31.2 Å². The normalized spacial score (nSPS) is 21.8. The monoisotopic (exact) mass is 315 g/mol. The Kier molecular flexibility index (Phi) is 4.43. The molecule has 2 heterocycles. The van der Waals surface area contributed by atoms with Crippen LogP contribution in [0.3, 0.4) is 0 Å². The molecule has 2 aliphatic rings. The van der Waals surface area contributed by atoms with E-state index in [4.69, 9.17) is 0 Å². The molecule has 2 fully saturated rings. The maximum Gasteiger partial charge on any atom is 0.312 e. The van der Waals surface area contributed by atoms with Crippen molar-refractivity contribution in [2.75, 3.05) is 32.7 Å². The number of Topliss-reactive ketones (excluding diaryl/α,β-unsaturated/α-hetero) is 1. The lowest BCUT2D eigenvalue weighted by molar-refractivity contribution is -0.152. The first-order valence-corrected chi connectivity index (χ1v) is 7.95. The molecule has 1 N–H and O–H groups in total. The number of carbonyl (C=O) groups excluding carboxylic acids is 3. The van der Waals surface area contributed by atoms with Crippen molar-refractivity contribution in [3.8, 4) is 0 Å². The maximum atomic E-state index is 12.2. The predicted octanol–water partition coefficient (Wildman–Crippen LogP) is 0.210. The van der Waals surface area contributed by atoms with Crippen LogP contribution >= 0.6 is 0 Å². The fourth-order valence-corrected chi connectivity index (χ4v) is 3.12. The molecule has 1 atom stereocenters. The van der Waals surface area contributed by atoms with Crippen LogP contribution in [0.25, 0.3) is 0 Å². The molecule has 0 saturated carbocycles. The summed E-state index contributed by atoms with van der Waals surface area (Å²) in [5.74, 6) is -0.804. The Labute approximate surface area is 135 Å². The SMILES string of the molecule is Cc1ccc(C(=O)CCN2CCN3C(=O)C(=O)NCC3C2)cc1. The van der Waals surface area contributed by atoms with E-state index in [0.717, 1.165) is 11.1 Å². The van der Waals surface area contributed by atoms with Crippen molar-refractivity contribution in [1.82, 2.24) is 15.1 Å². The lowest BCUT2D eigenvalue weighted by Gasteiger charge is -2.43. The zero-order valence-corrected chi connectivity index (χ0v) is 13.2. The molecule has 6 nitrogen and oxygen atoms in total. The molecule has 2 aliphatic heterocycles. The zero-order valence-electron chi connectivity index (χ0n) is 13.2. The first-order valence-electron chi connectivity index (χ1n) is 7.95. The van der Waals surface area contributed by atoms with E-state index in [0.29, 0.717) is 39.1 Å². The van der Waals surface area contributed by atoms with Crippen molar-refractivity contribution in [1.29, 1.82) is 0 Å². The van der Waals surface area contributed by atoms with Gasteiger partial charge in [-0.25, -0.2) is 0 Å². The van der Waals surface area contributed by atoms with Crippen LogP contribution in [-0.2, 0) is 9.59 Å². The van der Waals surface area contributed by atoms with E-state index >= 15 is 0 Å². The summed E-state index contributed by atoms with van der Waals surface area (Å²) in [6.45, 7) is 5.13. The molecule has 3 rings (SSSR count). The molecule has 6 heteroatoms. The fourth-order valence-electron chi connectivity index (χ4n) is 3.12. The van der Waals surface area contributed by atoms with Gasteiger partial charge >= 0.3 is 11.8 Å². The van der Waals surface area contributed by atoms with Crippen molar-refractivity contribution < 1.29 is 14.4 Å². The molecule has 1 aromatic carbocycles. The molecule has 23 heavy (non-hydrogen) atoms. The van der Waals surface area contributed by atoms with Crippen molar-refractivity contribution in [2.24, 2.45) is 0 Å². The van der Waals surface area contributed by atoms with Crippen LogP contribution in [0.4, 0.5) is 0 Å². The van der Waals surface area contributed by atoms with E-state index < -0.39 is 11.8 Å². The molecule has 2 saturated heterocycles. The van der Waals surface area contributed by atoms with Gasteiger partial charge in [0.25, 0.3) is 0 Å². The lowest BCUT2D eigenvalue weighted by atomic mass is 10.1. The molecule has 2 amide bonds. The Morgan fingerprint density at radius 2 is 1.96 bits per heavy atom. The number of rotatable bonds is 4. The van der Waals surface area contributed by atoms with Crippen LogP contribution in [0, 0.1) is 6.92 Å². The molecular weight excluding hydrogens is 294 g/mol. The van der Waals surface area contributed by atoms with Crippen molar-refractivity contribution in [3.05, 3.63) is 35.4 Å². The standard InChI is InChI=1S/C17H21N3O3/c1-12-2-4-13(5-3-12)15(21)6-7-19-8-9-20-14(11-19)10-18-16(22)17(20)23/h2-5,14H,6-11H2,1H3,(H,18,22). The van der Waals surface area contributed by atoms with Crippen LogP contribution in [-0.4, -0.2) is 66.2 Å². The van der Waals surface area contributed by atoms with Gasteiger partial charge in [0.1, 0.15) is 0 Å². The number of ketones is 1. The Morgan fingerprint density at radius 1 is 1.22 bits per heavy atom. The number of fused-ring (bicyclic) bond motifs is 1. The van der Waals surface area contributed by atoms with Gasteiger partial charge in [0.2, 0.25) is 0 Å². The number of benzene rings is 1. The highest BCUT2D eigenvalue weighted by molar-refractivity contribution is 6.35. The third kappa shape index (κ3) is 3.42. The van der Waals surface area contributed by atoms with Crippen molar-refractivity contribution in [3.63, 3.8) is 0 Å². The van der Waals surface area contributed by atoms with Gasteiger partial charge in [0.05, 0.1) is 6.04 Å². The molecule has 0 spiro atoms. The highest BCUT2D eigenvalue weighted by Gasteiger charge is 2.37. The van der Waals surface area contributed by atoms with Gasteiger partial charge in [0, 0.05) is 44.7 Å². The molecule has 0 bridgehead atoms. The van der Waals surface area contributed by atoms with Gasteiger partial charge in [-0.1, -0.05) is 29.8 Å². The quantitative estimate of drug-likeness (QED) is 0.637. The number of nitrogens with one attached hydrogen (secondary N) is 1. The van der Waals surface area contributed by atoms with E-state index in [-0.39, 0.29) is 11.8 Å². The van der Waals surface area contributed by atoms with E-state index in [1.54, 1.807) is 4.90 Å². The summed E-state index contributed by atoms with van der Waals surface area (Å²) in [7, 11) is 0. The number of carbonyl (C=O) groups is 3. The van der Waals surface area contributed by atoms with Crippen LogP contribution < -0.4 is 5.32 Å². The minimum Gasteiger partial charge on any atom is -0.346 e. The summed E-state index contributed by atoms with van der Waals surface area (Å²) in [5, 5.41) is 2.62. The zero-order chi connectivity index (χ0) is 16.4. The smallest absolute Gasteiger partial charge is 0.312 e. The summed E-state index contributed by atoms with van der Waals surface area (Å²) in [5.41, 5.74) is 1.89. The van der Waals surface area contributed by atoms with Crippen LogP contribution in [0.1, 0.15) is 22.3 Å². The third-order valence-electron chi connectivity index (χ3n) is 4.55. The highest BCUT2D eigenvalue weighted by atomic mass is 16.2. The van der Waals surface area contributed by atoms with Crippen LogP contribution in [0.5, 0.6) is 0 Å². The summed E-state index contributed by atoms with van der Waals surface area (Å²) in [6.07, 6.45) is 0.468. The fraction of sp³-hybridized carbons (Fsp3) is 0.471. The Hall–Kier alpha value is -2.21. The number of aryl methyl sites for hydroxylation is 1. The highest BCUT2D eigenvalue weighted by Crippen LogP contribution is 2.14. The number of piperazine rings is 2. The molecule has 0 aliphatic carbocycles. The Bertz CT molecular complexity index is 626. The van der Waals surface area contributed by atoms with Gasteiger partial charge in [-0.15, -0.1) is 0 Å². The van der Waals surface area contributed by atoms with Crippen LogP contribution in [0.15, 0.2) is 24.3 Å². The van der Waals surface area contributed by atoms with Crippen molar-refractivity contribution >= 4 is 17.6 Å². The molecule has 1 unspecified atom stereocenters. The van der Waals surface area contributed by atoms with E-state index in [2.05, 4.69) is 10.2 Å². The Morgan fingerprint density at radius 3 is 2.70 bits per heavy atom. The third-order valence-corrected chi connectivity index (χ3v) is 4.55. The average Bonchev–Trinajstić information content (AvgIpc) is 2.56. The minimum atomic E-state index is -0.510. The van der Waals surface area contributed by atoms with E-state index in [1.165, 1.54) is 0 Å². The van der Waals surface area contributed by atoms with Gasteiger partial charge in [-0.3, -0.25) is 19.3 Å². The van der Waals surface area contributed by atoms with Gasteiger partial charge < -0.3 is 10.2 Å². The molecule has 0 aromatic heterocycles. The van der Waals surface area contributed by atoms with Gasteiger partial charge in [-0.2, -0.15) is 0 Å². The minimum absolute atomic E-state index is 0.0171. The average molecular weight is 315 g/mol. The number of hydrogen-bond donors (Lipinski definition) is 1. The van der Waals surface area contributed by atoms with Gasteiger partial charge in [0.15, 0.2) is 5.78 Å². The predicted molar refractivity (Wildman–Crippen MR) is 85.1 cm³/mol. The second-order valence-electron chi connectivity index (χ2n) is 6.20. The number of amides is 2. The molecular formula is C17H21N3O3. The van der Waals surface area contributed by atoms with Gasteiger partial charge in [-0.05, 0) is 6.92 Å². The summed E-state index contributed by atoms with van der Waals surface area (Å²) in [6, 6.07) is 7.64. The first kappa shape index (κ1) is 15.7. The summed E-state index contributed by atoms with van der Waals surface area (Å²) < 4.78 is 0. The second kappa shape index (κ2) is 6.50. The molecule has 1 aromatic rings. The van der Waals surface area contributed by atoms with Crippen molar-refractivity contribution in [2.45, 2.75) is 19.4 Å². The largest absolute Gasteiger partial charge is 0.346 e. The summed E-state index contributed by atoms with van der Waals surface area (Å²) in [4.78, 5) is 39.2. The topological polar surface area (TPSA) is 69.7 Å².